The Bertz CT molecular complexity index is 396. The predicted octanol–water partition coefficient (Wildman–Crippen LogP) is 1.86. The van der Waals surface area contributed by atoms with E-state index in [2.05, 4.69) is 17.0 Å². The van der Waals surface area contributed by atoms with Crippen molar-refractivity contribution in [2.75, 3.05) is 13.1 Å². The van der Waals surface area contributed by atoms with Crippen LogP contribution >= 0.6 is 12.2 Å². The highest BCUT2D eigenvalue weighted by molar-refractivity contribution is 7.80. The molecule has 1 fully saturated rings. The Labute approximate surface area is 114 Å². The van der Waals surface area contributed by atoms with E-state index in [9.17, 15) is 5.11 Å². The molecule has 2 rings (SSSR count). The first kappa shape index (κ1) is 13.5. The molecule has 3 N–H and O–H groups in total. The van der Waals surface area contributed by atoms with Crippen molar-refractivity contribution in [2.45, 2.75) is 31.4 Å². The van der Waals surface area contributed by atoms with E-state index < -0.39 is 0 Å². The van der Waals surface area contributed by atoms with Gasteiger partial charge >= 0.3 is 0 Å². The van der Waals surface area contributed by atoms with Gasteiger partial charge in [0.05, 0.1) is 11.1 Å². The third-order valence-corrected chi connectivity index (χ3v) is 3.61. The van der Waals surface area contributed by atoms with Crippen molar-refractivity contribution in [3.05, 3.63) is 35.9 Å². The molecule has 0 amide bonds. The van der Waals surface area contributed by atoms with E-state index >= 15 is 0 Å². The van der Waals surface area contributed by atoms with Gasteiger partial charge in [0.15, 0.2) is 0 Å². The lowest BCUT2D eigenvalue weighted by atomic mass is 9.98. The standard InChI is InChI=1S/C14H20N2OS/c15-14(18)9-13(11-5-2-1-3-6-11)16-8-4-7-12(17)10-16/h1-3,5-6,12-13,17H,4,7-10H2,(H2,15,18). The lowest BCUT2D eigenvalue weighted by Gasteiger charge is -2.36. The molecule has 1 heterocycles. The lowest BCUT2D eigenvalue weighted by Crippen LogP contribution is -2.41. The van der Waals surface area contributed by atoms with Crippen LogP contribution in [0.2, 0.25) is 0 Å². The molecule has 0 aliphatic carbocycles. The molecule has 0 saturated carbocycles. The van der Waals surface area contributed by atoms with Crippen LogP contribution in [0.15, 0.2) is 30.3 Å². The predicted molar refractivity (Wildman–Crippen MR) is 77.4 cm³/mol. The molecule has 18 heavy (non-hydrogen) atoms. The third kappa shape index (κ3) is 3.51. The number of thiocarbonyl (C=S) groups is 1. The van der Waals surface area contributed by atoms with E-state index in [0.717, 1.165) is 19.4 Å². The topological polar surface area (TPSA) is 49.5 Å². The Hall–Kier alpha value is -0.970. The van der Waals surface area contributed by atoms with E-state index in [1.165, 1.54) is 5.56 Å². The van der Waals surface area contributed by atoms with Crippen LogP contribution in [0.3, 0.4) is 0 Å². The van der Waals surface area contributed by atoms with E-state index in [1.807, 2.05) is 18.2 Å². The highest BCUT2D eigenvalue weighted by Gasteiger charge is 2.26. The number of aliphatic hydroxyl groups is 1. The van der Waals surface area contributed by atoms with E-state index in [0.29, 0.717) is 18.0 Å². The second kappa shape index (κ2) is 6.27. The van der Waals surface area contributed by atoms with Crippen molar-refractivity contribution < 1.29 is 5.11 Å². The van der Waals surface area contributed by atoms with E-state index in [1.54, 1.807) is 0 Å². The Balaban J connectivity index is 2.16. The summed E-state index contributed by atoms with van der Waals surface area (Å²) in [5.41, 5.74) is 6.94. The van der Waals surface area contributed by atoms with Gasteiger partial charge in [-0.2, -0.15) is 0 Å². The fraction of sp³-hybridized carbons (Fsp3) is 0.500. The normalized spacial score (nSPS) is 22.6. The molecule has 1 aromatic carbocycles. The number of rotatable bonds is 4. The van der Waals surface area contributed by atoms with Gasteiger partial charge in [0.25, 0.3) is 0 Å². The Morgan fingerprint density at radius 1 is 1.44 bits per heavy atom. The molecule has 0 bridgehead atoms. The zero-order valence-corrected chi connectivity index (χ0v) is 11.3. The zero-order chi connectivity index (χ0) is 13.0. The summed E-state index contributed by atoms with van der Waals surface area (Å²) in [6.45, 7) is 1.71. The molecule has 98 valence electrons. The van der Waals surface area contributed by atoms with Crippen LogP contribution in [0.1, 0.15) is 30.9 Å². The van der Waals surface area contributed by atoms with Crippen molar-refractivity contribution in [1.29, 1.82) is 0 Å². The van der Waals surface area contributed by atoms with Crippen LogP contribution in [0, 0.1) is 0 Å². The maximum Gasteiger partial charge on any atom is 0.0746 e. The van der Waals surface area contributed by atoms with Gasteiger partial charge < -0.3 is 10.8 Å². The molecule has 0 radical (unpaired) electrons. The number of nitrogens with zero attached hydrogens (tertiary/aromatic N) is 1. The van der Waals surface area contributed by atoms with Crippen LogP contribution in [-0.2, 0) is 0 Å². The summed E-state index contributed by atoms with van der Waals surface area (Å²) in [6, 6.07) is 10.5. The van der Waals surface area contributed by atoms with E-state index in [-0.39, 0.29) is 12.1 Å². The summed E-state index contributed by atoms with van der Waals surface area (Å²) < 4.78 is 0. The summed E-state index contributed by atoms with van der Waals surface area (Å²) >= 11 is 5.06. The third-order valence-electron chi connectivity index (χ3n) is 3.45. The number of hydrogen-bond donors (Lipinski definition) is 2. The molecule has 2 atom stereocenters. The van der Waals surface area contributed by atoms with Crippen molar-refractivity contribution in [3.8, 4) is 0 Å². The maximum absolute atomic E-state index is 9.80. The second-order valence-electron chi connectivity index (χ2n) is 4.89. The minimum absolute atomic E-state index is 0.193. The summed E-state index contributed by atoms with van der Waals surface area (Å²) in [5, 5.41) is 9.80. The van der Waals surface area contributed by atoms with Crippen LogP contribution in [0.25, 0.3) is 0 Å². The van der Waals surface area contributed by atoms with Gasteiger partial charge in [0, 0.05) is 19.0 Å². The van der Waals surface area contributed by atoms with Crippen LogP contribution < -0.4 is 5.73 Å². The number of nitrogens with two attached hydrogens (primary N) is 1. The highest BCUT2D eigenvalue weighted by Crippen LogP contribution is 2.27. The summed E-state index contributed by atoms with van der Waals surface area (Å²) in [5.74, 6) is 0. The summed E-state index contributed by atoms with van der Waals surface area (Å²) in [7, 11) is 0. The van der Waals surface area contributed by atoms with Gasteiger partial charge in [-0.3, -0.25) is 4.90 Å². The molecule has 1 aliphatic rings. The first-order valence-electron chi connectivity index (χ1n) is 6.42. The van der Waals surface area contributed by atoms with Gasteiger partial charge in [-0.05, 0) is 24.9 Å². The van der Waals surface area contributed by atoms with Crippen molar-refractivity contribution in [1.82, 2.24) is 4.90 Å². The second-order valence-corrected chi connectivity index (χ2v) is 5.41. The van der Waals surface area contributed by atoms with Crippen molar-refractivity contribution in [3.63, 3.8) is 0 Å². The van der Waals surface area contributed by atoms with Gasteiger partial charge in [-0.15, -0.1) is 0 Å². The van der Waals surface area contributed by atoms with Crippen molar-refractivity contribution in [2.24, 2.45) is 5.73 Å². The molecule has 0 spiro atoms. The number of β-amino-alcohol motifs (C(OH)–C–C–N with tert-alkyl or cyclic N) is 1. The SMILES string of the molecule is NC(=S)CC(c1ccccc1)N1CCCC(O)C1. The van der Waals surface area contributed by atoms with Gasteiger partial charge in [-0.1, -0.05) is 42.5 Å². The van der Waals surface area contributed by atoms with Crippen molar-refractivity contribution >= 4 is 17.2 Å². The first-order valence-corrected chi connectivity index (χ1v) is 6.83. The average molecular weight is 264 g/mol. The van der Waals surface area contributed by atoms with Gasteiger partial charge in [0.2, 0.25) is 0 Å². The Morgan fingerprint density at radius 3 is 2.78 bits per heavy atom. The molecule has 1 saturated heterocycles. The lowest BCUT2D eigenvalue weighted by molar-refractivity contribution is 0.0476. The molecule has 3 nitrogen and oxygen atoms in total. The molecule has 4 heteroatoms. The maximum atomic E-state index is 9.80. The monoisotopic (exact) mass is 264 g/mol. The fourth-order valence-electron chi connectivity index (χ4n) is 2.59. The Morgan fingerprint density at radius 2 is 2.17 bits per heavy atom. The van der Waals surface area contributed by atoms with Crippen LogP contribution in [-0.4, -0.2) is 34.2 Å². The quantitative estimate of drug-likeness (QED) is 0.815. The largest absolute Gasteiger partial charge is 0.393 e. The van der Waals surface area contributed by atoms with Gasteiger partial charge in [0.1, 0.15) is 0 Å². The number of hydrogen-bond acceptors (Lipinski definition) is 3. The minimum atomic E-state index is -0.226. The highest BCUT2D eigenvalue weighted by atomic mass is 32.1. The number of aliphatic hydroxyl groups excluding tert-OH is 1. The molecular formula is C14H20N2OS. The summed E-state index contributed by atoms with van der Waals surface area (Å²) in [4.78, 5) is 2.83. The molecule has 1 aliphatic heterocycles. The van der Waals surface area contributed by atoms with E-state index in [4.69, 9.17) is 18.0 Å². The minimum Gasteiger partial charge on any atom is -0.393 e. The number of benzene rings is 1. The van der Waals surface area contributed by atoms with Crippen LogP contribution in [0.4, 0.5) is 0 Å². The summed E-state index contributed by atoms with van der Waals surface area (Å²) in [6.07, 6.45) is 2.37. The van der Waals surface area contributed by atoms with Crippen LogP contribution in [0.5, 0.6) is 0 Å². The number of piperidine rings is 1. The zero-order valence-electron chi connectivity index (χ0n) is 10.5. The average Bonchev–Trinajstić information content (AvgIpc) is 2.37. The molecule has 1 aromatic rings. The number of likely N-dealkylation sites (tertiary alicyclic amines) is 1. The smallest absolute Gasteiger partial charge is 0.0746 e. The molecule has 0 aromatic heterocycles. The Kier molecular flexibility index (Phi) is 4.69. The fourth-order valence-corrected chi connectivity index (χ4v) is 2.75. The first-order chi connectivity index (χ1) is 8.66. The molecular weight excluding hydrogens is 244 g/mol. The molecule has 2 unspecified atom stereocenters. The van der Waals surface area contributed by atoms with Gasteiger partial charge in [-0.25, -0.2) is 0 Å².